The molecule has 3 rings (SSSR count). The van der Waals surface area contributed by atoms with Gasteiger partial charge in [-0.05, 0) is 12.1 Å². The molecule has 1 aliphatic rings. The van der Waals surface area contributed by atoms with Gasteiger partial charge < -0.3 is 9.80 Å². The van der Waals surface area contributed by atoms with Crippen molar-refractivity contribution in [1.29, 1.82) is 0 Å². The summed E-state index contributed by atoms with van der Waals surface area (Å²) < 4.78 is 0. The first-order valence-corrected chi connectivity index (χ1v) is 6.15. The van der Waals surface area contributed by atoms with Crippen LogP contribution in [0.4, 0.5) is 5.82 Å². The second-order valence-electron chi connectivity index (χ2n) is 4.32. The van der Waals surface area contributed by atoms with Gasteiger partial charge in [0, 0.05) is 32.4 Å². The van der Waals surface area contributed by atoms with Crippen molar-refractivity contribution in [2.75, 3.05) is 31.1 Å². The van der Waals surface area contributed by atoms with Crippen molar-refractivity contribution in [3.05, 3.63) is 36.3 Å². The molecule has 0 unspecified atom stereocenters. The molecule has 1 N–H and O–H groups in total. The zero-order valence-corrected chi connectivity index (χ0v) is 10.4. The van der Waals surface area contributed by atoms with Crippen LogP contribution in [0.25, 0.3) is 0 Å². The third-order valence-electron chi connectivity index (χ3n) is 3.17. The average Bonchev–Trinajstić information content (AvgIpc) is 3.02. The van der Waals surface area contributed by atoms with Crippen molar-refractivity contribution < 1.29 is 4.79 Å². The van der Waals surface area contributed by atoms with Crippen molar-refractivity contribution >= 4 is 11.7 Å². The summed E-state index contributed by atoms with van der Waals surface area (Å²) in [5.41, 5.74) is 0.367. The van der Waals surface area contributed by atoms with Gasteiger partial charge in [-0.15, -0.1) is 0 Å². The lowest BCUT2D eigenvalue weighted by molar-refractivity contribution is 0.0740. The predicted molar refractivity (Wildman–Crippen MR) is 68.7 cm³/mol. The second kappa shape index (κ2) is 5.05. The number of nitrogens with one attached hydrogen (secondary N) is 1. The number of anilines is 1. The van der Waals surface area contributed by atoms with E-state index in [4.69, 9.17) is 0 Å². The molecule has 1 amide bonds. The molecular formula is C12H14N6O. The molecule has 0 radical (unpaired) electrons. The summed E-state index contributed by atoms with van der Waals surface area (Å²) in [5.74, 6) is 0.880. The number of aromatic amines is 1. The Kier molecular flexibility index (Phi) is 3.09. The number of hydrogen-bond acceptors (Lipinski definition) is 5. The van der Waals surface area contributed by atoms with Gasteiger partial charge in [0.25, 0.3) is 5.91 Å². The van der Waals surface area contributed by atoms with Gasteiger partial charge in [0.1, 0.15) is 5.82 Å². The molecule has 2 aromatic heterocycles. The highest BCUT2D eigenvalue weighted by atomic mass is 16.2. The van der Waals surface area contributed by atoms with E-state index >= 15 is 0 Å². The highest BCUT2D eigenvalue weighted by Crippen LogP contribution is 2.13. The fraction of sp³-hybridized carbons (Fsp3) is 0.333. The minimum Gasteiger partial charge on any atom is -0.353 e. The van der Waals surface area contributed by atoms with Crippen LogP contribution >= 0.6 is 0 Å². The first-order chi connectivity index (χ1) is 9.34. The van der Waals surface area contributed by atoms with Crippen LogP contribution in [0, 0.1) is 0 Å². The molecular weight excluding hydrogens is 244 g/mol. The largest absolute Gasteiger partial charge is 0.353 e. The number of rotatable bonds is 2. The minimum absolute atomic E-state index is 0.0746. The van der Waals surface area contributed by atoms with Crippen LogP contribution in [0.3, 0.4) is 0 Å². The topological polar surface area (TPSA) is 78.0 Å². The van der Waals surface area contributed by atoms with Gasteiger partial charge in [-0.25, -0.2) is 4.98 Å². The number of carbonyl (C=O) groups is 1. The average molecular weight is 258 g/mol. The molecule has 98 valence electrons. The first-order valence-electron chi connectivity index (χ1n) is 6.15. The Morgan fingerprint density at radius 3 is 2.68 bits per heavy atom. The lowest BCUT2D eigenvalue weighted by atomic mass is 10.2. The Bertz CT molecular complexity index is 533. The molecule has 3 heterocycles. The Balaban J connectivity index is 1.62. The van der Waals surface area contributed by atoms with Gasteiger partial charge in [0.05, 0.1) is 6.20 Å². The molecule has 1 fully saturated rings. The van der Waals surface area contributed by atoms with Crippen molar-refractivity contribution in [3.63, 3.8) is 0 Å². The van der Waals surface area contributed by atoms with Crippen LogP contribution < -0.4 is 4.90 Å². The Morgan fingerprint density at radius 2 is 2.05 bits per heavy atom. The number of aromatic nitrogens is 4. The summed E-state index contributed by atoms with van der Waals surface area (Å²) in [6, 6.07) is 5.85. The summed E-state index contributed by atoms with van der Waals surface area (Å²) in [6.45, 7) is 2.89. The molecule has 0 aliphatic carbocycles. The number of hydrogen-bond donors (Lipinski definition) is 1. The SMILES string of the molecule is O=C(c1cn[nH]n1)N1CCN(c2ccccn2)CC1. The van der Waals surface area contributed by atoms with Crippen molar-refractivity contribution in [2.45, 2.75) is 0 Å². The minimum atomic E-state index is -0.0746. The summed E-state index contributed by atoms with van der Waals surface area (Å²) in [7, 11) is 0. The number of H-pyrrole nitrogens is 1. The molecule has 1 aliphatic heterocycles. The number of pyridine rings is 1. The Hall–Kier alpha value is -2.44. The Morgan fingerprint density at radius 1 is 1.21 bits per heavy atom. The van der Waals surface area contributed by atoms with Crippen LogP contribution in [-0.2, 0) is 0 Å². The van der Waals surface area contributed by atoms with E-state index in [0.29, 0.717) is 18.8 Å². The van der Waals surface area contributed by atoms with Crippen molar-refractivity contribution in [2.24, 2.45) is 0 Å². The number of nitrogens with zero attached hydrogens (tertiary/aromatic N) is 5. The van der Waals surface area contributed by atoms with Crippen LogP contribution in [0.2, 0.25) is 0 Å². The molecule has 0 saturated carbocycles. The molecule has 0 spiro atoms. The number of carbonyl (C=O) groups excluding carboxylic acids is 1. The first kappa shape index (κ1) is 11.6. The number of amides is 1. The number of piperazine rings is 1. The van der Waals surface area contributed by atoms with E-state index in [1.165, 1.54) is 6.20 Å². The molecule has 0 bridgehead atoms. The van der Waals surface area contributed by atoms with Crippen LogP contribution in [0.5, 0.6) is 0 Å². The fourth-order valence-electron chi connectivity index (χ4n) is 2.15. The van der Waals surface area contributed by atoms with E-state index in [1.807, 2.05) is 18.2 Å². The highest BCUT2D eigenvalue weighted by Gasteiger charge is 2.23. The van der Waals surface area contributed by atoms with Gasteiger partial charge in [-0.1, -0.05) is 6.07 Å². The van der Waals surface area contributed by atoms with Crippen molar-refractivity contribution in [3.8, 4) is 0 Å². The third-order valence-corrected chi connectivity index (χ3v) is 3.17. The van der Waals surface area contributed by atoms with E-state index in [0.717, 1.165) is 18.9 Å². The van der Waals surface area contributed by atoms with E-state index in [9.17, 15) is 4.79 Å². The van der Waals surface area contributed by atoms with Crippen molar-refractivity contribution in [1.82, 2.24) is 25.3 Å². The fourth-order valence-corrected chi connectivity index (χ4v) is 2.15. The maximum Gasteiger partial charge on any atom is 0.276 e. The van der Waals surface area contributed by atoms with E-state index in [-0.39, 0.29) is 5.91 Å². The molecule has 0 atom stereocenters. The second-order valence-corrected chi connectivity index (χ2v) is 4.32. The Labute approximate surface area is 110 Å². The van der Waals surface area contributed by atoms with Gasteiger partial charge in [-0.3, -0.25) is 4.79 Å². The maximum absolute atomic E-state index is 12.1. The standard InChI is InChI=1S/C12H14N6O/c19-12(10-9-14-16-15-10)18-7-5-17(6-8-18)11-3-1-2-4-13-11/h1-4,9H,5-8H2,(H,14,15,16). The quantitative estimate of drug-likeness (QED) is 0.830. The lowest BCUT2D eigenvalue weighted by Gasteiger charge is -2.34. The summed E-state index contributed by atoms with van der Waals surface area (Å²) in [6.07, 6.45) is 3.23. The molecule has 19 heavy (non-hydrogen) atoms. The van der Waals surface area contributed by atoms with Crippen LogP contribution in [0.1, 0.15) is 10.5 Å². The molecule has 2 aromatic rings. The monoisotopic (exact) mass is 258 g/mol. The van der Waals surface area contributed by atoms with Gasteiger partial charge in [0.15, 0.2) is 5.69 Å². The van der Waals surface area contributed by atoms with Gasteiger partial charge in [-0.2, -0.15) is 15.4 Å². The summed E-state index contributed by atoms with van der Waals surface area (Å²) >= 11 is 0. The molecule has 7 heteroatoms. The van der Waals surface area contributed by atoms with E-state index in [1.54, 1.807) is 11.1 Å². The zero-order chi connectivity index (χ0) is 13.1. The van der Waals surface area contributed by atoms with Gasteiger partial charge >= 0.3 is 0 Å². The molecule has 7 nitrogen and oxygen atoms in total. The molecule has 0 aromatic carbocycles. The van der Waals surface area contributed by atoms with Gasteiger partial charge in [0.2, 0.25) is 0 Å². The predicted octanol–water partition coefficient (Wildman–Crippen LogP) is 0.162. The molecule has 1 saturated heterocycles. The highest BCUT2D eigenvalue weighted by molar-refractivity contribution is 5.92. The van der Waals surface area contributed by atoms with E-state index < -0.39 is 0 Å². The summed E-state index contributed by atoms with van der Waals surface area (Å²) in [5, 5.41) is 9.93. The third kappa shape index (κ3) is 2.40. The lowest BCUT2D eigenvalue weighted by Crippen LogP contribution is -2.49. The normalized spacial score (nSPS) is 15.6. The maximum atomic E-state index is 12.1. The zero-order valence-electron chi connectivity index (χ0n) is 10.4. The van der Waals surface area contributed by atoms with Crippen LogP contribution in [0.15, 0.2) is 30.6 Å². The summed E-state index contributed by atoms with van der Waals surface area (Å²) in [4.78, 5) is 20.4. The van der Waals surface area contributed by atoms with E-state index in [2.05, 4.69) is 25.3 Å². The smallest absolute Gasteiger partial charge is 0.276 e. The van der Waals surface area contributed by atoms with Crippen LogP contribution in [-0.4, -0.2) is 57.4 Å².